The fourth-order valence-corrected chi connectivity index (χ4v) is 4.12. The highest BCUT2D eigenvalue weighted by Crippen LogP contribution is 2.28. The summed E-state index contributed by atoms with van der Waals surface area (Å²) in [6.07, 6.45) is 5.46. The number of halogens is 1. The molecule has 1 aromatic carbocycles. The SMILES string of the molecule is CC1CN(c2ccc(C(=O)Nc3cc(F)c4nc(C(O)(O)O)cn4c3)c3nccnc23)CCN1. The topological polar surface area (TPSA) is 148 Å². The summed E-state index contributed by atoms with van der Waals surface area (Å²) in [5.74, 6) is -4.57. The van der Waals surface area contributed by atoms with Crippen LogP contribution < -0.4 is 15.5 Å². The van der Waals surface area contributed by atoms with Crippen molar-refractivity contribution >= 4 is 34.0 Å². The number of aliphatic hydroxyl groups is 3. The van der Waals surface area contributed by atoms with Gasteiger partial charge >= 0.3 is 5.97 Å². The molecule has 3 aromatic heterocycles. The van der Waals surface area contributed by atoms with Gasteiger partial charge in [0.25, 0.3) is 5.91 Å². The van der Waals surface area contributed by atoms with Gasteiger partial charge in [0.15, 0.2) is 11.5 Å². The molecule has 1 aliphatic rings. The van der Waals surface area contributed by atoms with Crippen LogP contribution in [0.15, 0.2) is 43.0 Å². The van der Waals surface area contributed by atoms with E-state index in [2.05, 4.69) is 37.4 Å². The largest absolute Gasteiger partial charge is 0.367 e. The maximum absolute atomic E-state index is 14.5. The Labute approximate surface area is 192 Å². The predicted molar refractivity (Wildman–Crippen MR) is 121 cm³/mol. The lowest BCUT2D eigenvalue weighted by atomic mass is 10.1. The molecule has 1 aliphatic heterocycles. The fourth-order valence-electron chi connectivity index (χ4n) is 4.12. The summed E-state index contributed by atoms with van der Waals surface area (Å²) in [6, 6.07) is 4.85. The van der Waals surface area contributed by atoms with E-state index in [-0.39, 0.29) is 16.9 Å². The second-order valence-corrected chi connectivity index (χ2v) is 8.21. The van der Waals surface area contributed by atoms with Crippen molar-refractivity contribution in [3.05, 3.63) is 60.1 Å². The second kappa shape index (κ2) is 8.25. The van der Waals surface area contributed by atoms with Crippen LogP contribution in [0.1, 0.15) is 23.0 Å². The molecule has 11 nitrogen and oxygen atoms in total. The van der Waals surface area contributed by atoms with E-state index < -0.39 is 23.4 Å². The van der Waals surface area contributed by atoms with Crippen molar-refractivity contribution in [3.8, 4) is 0 Å². The number of carbonyl (C=O) groups is 1. The van der Waals surface area contributed by atoms with Crippen molar-refractivity contribution in [3.63, 3.8) is 0 Å². The Morgan fingerprint density at radius 2 is 1.97 bits per heavy atom. The molecule has 0 spiro atoms. The maximum atomic E-state index is 14.5. The van der Waals surface area contributed by atoms with Crippen molar-refractivity contribution in [1.82, 2.24) is 24.7 Å². The lowest BCUT2D eigenvalue weighted by Crippen LogP contribution is -2.49. The molecule has 1 saturated heterocycles. The van der Waals surface area contributed by atoms with Gasteiger partial charge in [-0.05, 0) is 19.1 Å². The highest BCUT2D eigenvalue weighted by molar-refractivity contribution is 6.13. The number of benzene rings is 1. The smallest absolute Gasteiger partial charge is 0.323 e. The Morgan fingerprint density at radius 3 is 2.71 bits per heavy atom. The van der Waals surface area contributed by atoms with E-state index in [9.17, 15) is 24.5 Å². The van der Waals surface area contributed by atoms with Crippen molar-refractivity contribution in [1.29, 1.82) is 0 Å². The third-order valence-corrected chi connectivity index (χ3v) is 5.67. The number of nitrogens with zero attached hydrogens (tertiary/aromatic N) is 5. The fraction of sp³-hybridized carbons (Fsp3) is 0.273. The molecule has 1 unspecified atom stereocenters. The van der Waals surface area contributed by atoms with Crippen LogP contribution in [0.3, 0.4) is 0 Å². The minimum absolute atomic E-state index is 0.0930. The average molecular weight is 467 g/mol. The Hall–Kier alpha value is -3.71. The van der Waals surface area contributed by atoms with E-state index in [1.807, 2.05) is 6.07 Å². The van der Waals surface area contributed by atoms with Gasteiger partial charge in [-0.2, -0.15) is 0 Å². The monoisotopic (exact) mass is 467 g/mol. The number of nitrogens with one attached hydrogen (secondary N) is 2. The van der Waals surface area contributed by atoms with Gasteiger partial charge in [-0.3, -0.25) is 14.8 Å². The number of anilines is 2. The zero-order valence-electron chi connectivity index (χ0n) is 18.1. The summed E-state index contributed by atoms with van der Waals surface area (Å²) in [7, 11) is 0. The van der Waals surface area contributed by atoms with Crippen LogP contribution in [0.4, 0.5) is 15.8 Å². The summed E-state index contributed by atoms with van der Waals surface area (Å²) in [5, 5.41) is 33.9. The number of fused-ring (bicyclic) bond motifs is 2. The molecule has 176 valence electrons. The molecule has 1 amide bonds. The number of carbonyl (C=O) groups excluding carboxylic acids is 1. The van der Waals surface area contributed by atoms with Crippen LogP contribution >= 0.6 is 0 Å². The molecule has 1 atom stereocenters. The van der Waals surface area contributed by atoms with Gasteiger partial charge in [0.05, 0.1) is 16.9 Å². The van der Waals surface area contributed by atoms with E-state index in [0.717, 1.165) is 42.0 Å². The quantitative estimate of drug-likeness (QED) is 0.271. The van der Waals surface area contributed by atoms with Gasteiger partial charge in [-0.25, -0.2) is 9.37 Å². The Balaban J connectivity index is 1.48. The van der Waals surface area contributed by atoms with E-state index >= 15 is 0 Å². The Morgan fingerprint density at radius 1 is 1.21 bits per heavy atom. The minimum Gasteiger partial charge on any atom is -0.367 e. The third kappa shape index (κ3) is 4.03. The van der Waals surface area contributed by atoms with Gasteiger partial charge in [0.1, 0.15) is 16.7 Å². The summed E-state index contributed by atoms with van der Waals surface area (Å²) in [4.78, 5) is 27.8. The normalized spacial score (nSPS) is 16.9. The van der Waals surface area contributed by atoms with Crippen LogP contribution in [0.2, 0.25) is 0 Å². The minimum atomic E-state index is -3.22. The Kier molecular flexibility index (Phi) is 5.37. The number of imidazole rings is 1. The van der Waals surface area contributed by atoms with Gasteiger partial charge < -0.3 is 35.3 Å². The number of amides is 1. The Bertz CT molecular complexity index is 1400. The summed E-state index contributed by atoms with van der Waals surface area (Å²) in [6.45, 7) is 4.52. The van der Waals surface area contributed by atoms with Crippen molar-refractivity contribution in [2.24, 2.45) is 0 Å². The molecule has 4 heterocycles. The number of rotatable bonds is 4. The first-order valence-electron chi connectivity index (χ1n) is 10.6. The van der Waals surface area contributed by atoms with Crippen LogP contribution in [-0.4, -0.2) is 66.3 Å². The lowest BCUT2D eigenvalue weighted by molar-refractivity contribution is -0.326. The number of hydrogen-bond donors (Lipinski definition) is 5. The molecule has 0 radical (unpaired) electrons. The third-order valence-electron chi connectivity index (χ3n) is 5.67. The second-order valence-electron chi connectivity index (χ2n) is 8.21. The van der Waals surface area contributed by atoms with E-state index in [4.69, 9.17) is 0 Å². The molecular formula is C22H22FN7O4. The summed E-state index contributed by atoms with van der Waals surface area (Å²) >= 11 is 0. The van der Waals surface area contributed by atoms with Crippen molar-refractivity contribution < 1.29 is 24.5 Å². The molecule has 4 aromatic rings. The predicted octanol–water partition coefficient (Wildman–Crippen LogP) is 0.554. The molecular weight excluding hydrogens is 445 g/mol. The van der Waals surface area contributed by atoms with E-state index in [1.165, 1.54) is 12.4 Å². The standard InChI is InChI=1S/C22H22FN7O4/c1-12-9-29(7-6-24-12)16-3-2-14(18-19(16)26-5-4-25-18)21(31)27-13-8-15(23)20-28-17(22(32,33)34)11-30(20)10-13/h2-5,8,10-12,24,32-34H,6-7,9H2,1H3,(H,27,31). The van der Waals surface area contributed by atoms with E-state index in [1.54, 1.807) is 12.3 Å². The first-order chi connectivity index (χ1) is 16.2. The summed E-state index contributed by atoms with van der Waals surface area (Å²) in [5.41, 5.74) is 1.44. The highest BCUT2D eigenvalue weighted by Gasteiger charge is 2.27. The van der Waals surface area contributed by atoms with Crippen LogP contribution in [0.5, 0.6) is 0 Å². The number of hydrogen-bond acceptors (Lipinski definition) is 9. The van der Waals surface area contributed by atoms with Crippen molar-refractivity contribution in [2.75, 3.05) is 29.9 Å². The number of piperazine rings is 1. The van der Waals surface area contributed by atoms with Crippen LogP contribution in [0, 0.1) is 5.82 Å². The van der Waals surface area contributed by atoms with Crippen LogP contribution in [-0.2, 0) is 5.97 Å². The molecule has 5 rings (SSSR count). The molecule has 0 aliphatic carbocycles. The number of aromatic nitrogens is 4. The molecule has 0 saturated carbocycles. The zero-order valence-corrected chi connectivity index (χ0v) is 18.1. The molecule has 12 heteroatoms. The maximum Gasteiger partial charge on any atom is 0.323 e. The average Bonchev–Trinajstić information content (AvgIpc) is 3.24. The van der Waals surface area contributed by atoms with Crippen molar-refractivity contribution in [2.45, 2.75) is 18.9 Å². The van der Waals surface area contributed by atoms with E-state index in [0.29, 0.717) is 17.1 Å². The zero-order chi connectivity index (χ0) is 24.0. The highest BCUT2D eigenvalue weighted by atomic mass is 19.1. The lowest BCUT2D eigenvalue weighted by Gasteiger charge is -2.34. The van der Waals surface area contributed by atoms with Gasteiger partial charge in [-0.15, -0.1) is 0 Å². The molecule has 34 heavy (non-hydrogen) atoms. The summed E-state index contributed by atoms with van der Waals surface area (Å²) < 4.78 is 15.7. The molecule has 1 fully saturated rings. The first kappa shape index (κ1) is 22.1. The van der Waals surface area contributed by atoms with Gasteiger partial charge in [0.2, 0.25) is 0 Å². The molecule has 0 bridgehead atoms. The van der Waals surface area contributed by atoms with Gasteiger partial charge in [0, 0.05) is 56.5 Å². The number of pyridine rings is 1. The molecule has 5 N–H and O–H groups in total. The van der Waals surface area contributed by atoms with Gasteiger partial charge in [-0.1, -0.05) is 0 Å². The first-order valence-corrected chi connectivity index (χ1v) is 10.6. The van der Waals surface area contributed by atoms with Crippen LogP contribution in [0.25, 0.3) is 16.7 Å².